The van der Waals surface area contributed by atoms with Crippen molar-refractivity contribution in [1.82, 2.24) is 19.3 Å². The Labute approximate surface area is 195 Å². The van der Waals surface area contributed by atoms with Crippen LogP contribution in [-0.2, 0) is 4.79 Å². The Hall–Kier alpha value is -4.53. The molecule has 0 radical (unpaired) electrons. The van der Waals surface area contributed by atoms with Gasteiger partial charge in [-0.2, -0.15) is 0 Å². The Morgan fingerprint density at radius 3 is 2.53 bits per heavy atom. The molecule has 0 fully saturated rings. The number of aromatic nitrogens is 3. The van der Waals surface area contributed by atoms with Gasteiger partial charge in [-0.1, -0.05) is 12.1 Å². The van der Waals surface area contributed by atoms with Gasteiger partial charge in [0.2, 0.25) is 11.7 Å². The van der Waals surface area contributed by atoms with Gasteiger partial charge in [0.15, 0.2) is 0 Å². The zero-order valence-corrected chi connectivity index (χ0v) is 18.4. The zero-order valence-electron chi connectivity index (χ0n) is 18.4. The van der Waals surface area contributed by atoms with E-state index < -0.39 is 0 Å². The predicted octanol–water partition coefficient (Wildman–Crippen LogP) is 3.42. The second-order valence-corrected chi connectivity index (χ2v) is 7.83. The Morgan fingerprint density at radius 1 is 1.06 bits per heavy atom. The number of amides is 3. The average molecular weight is 455 g/mol. The maximum absolute atomic E-state index is 12.6. The third-order valence-electron chi connectivity index (χ3n) is 5.67. The van der Waals surface area contributed by atoms with Gasteiger partial charge in [-0.05, 0) is 42.8 Å². The first-order valence-corrected chi connectivity index (χ1v) is 10.8. The van der Waals surface area contributed by atoms with Crippen molar-refractivity contribution in [2.75, 3.05) is 19.0 Å². The molecule has 3 amide bonds. The smallest absolute Gasteiger partial charge is 0.261 e. The molecule has 1 aliphatic rings. The van der Waals surface area contributed by atoms with Crippen molar-refractivity contribution in [3.8, 4) is 17.0 Å². The Morgan fingerprint density at radius 2 is 1.82 bits per heavy atom. The number of hydrogen-bond acceptors (Lipinski definition) is 6. The largest absolute Gasteiger partial charge is 0.495 e. The van der Waals surface area contributed by atoms with Gasteiger partial charge in [0, 0.05) is 37.1 Å². The number of carbonyl (C=O) groups is 3. The standard InChI is InChI=1S/C25H21N5O4/c1-34-21-10-9-16(20-15-29-12-5-11-26-25(29)28-20)14-19(21)27-22(31)8-4-13-30-23(32)17-6-2-3-7-18(17)24(30)33/h2-3,5-7,9-12,14-15H,4,8,13H2,1H3,(H,27,31). The van der Waals surface area contributed by atoms with Crippen molar-refractivity contribution in [3.63, 3.8) is 0 Å². The molecule has 0 saturated heterocycles. The highest BCUT2D eigenvalue weighted by atomic mass is 16.5. The molecule has 4 aromatic rings. The van der Waals surface area contributed by atoms with Crippen LogP contribution in [0, 0.1) is 0 Å². The molecule has 0 saturated carbocycles. The first-order chi connectivity index (χ1) is 16.5. The van der Waals surface area contributed by atoms with Gasteiger partial charge >= 0.3 is 0 Å². The first kappa shape index (κ1) is 21.3. The van der Waals surface area contributed by atoms with Gasteiger partial charge in [0.1, 0.15) is 5.75 Å². The molecule has 0 aliphatic carbocycles. The summed E-state index contributed by atoms with van der Waals surface area (Å²) in [5, 5.41) is 2.87. The summed E-state index contributed by atoms with van der Waals surface area (Å²) in [4.78, 5) is 47.5. The third-order valence-corrected chi connectivity index (χ3v) is 5.67. The molecule has 0 atom stereocenters. The molecule has 1 N–H and O–H groups in total. The van der Waals surface area contributed by atoms with E-state index in [2.05, 4.69) is 15.3 Å². The van der Waals surface area contributed by atoms with Crippen LogP contribution in [0.25, 0.3) is 17.0 Å². The summed E-state index contributed by atoms with van der Waals surface area (Å²) < 4.78 is 7.21. The predicted molar refractivity (Wildman–Crippen MR) is 125 cm³/mol. The Kier molecular flexibility index (Phi) is 5.51. The minimum absolute atomic E-state index is 0.138. The maximum atomic E-state index is 12.6. The topological polar surface area (TPSA) is 106 Å². The van der Waals surface area contributed by atoms with Gasteiger partial charge in [-0.15, -0.1) is 0 Å². The molecule has 5 rings (SSSR count). The van der Waals surface area contributed by atoms with Crippen LogP contribution in [0.1, 0.15) is 33.6 Å². The zero-order chi connectivity index (χ0) is 23.7. The van der Waals surface area contributed by atoms with Gasteiger partial charge < -0.3 is 10.1 Å². The summed E-state index contributed by atoms with van der Waals surface area (Å²) in [7, 11) is 1.53. The molecule has 2 aromatic carbocycles. The SMILES string of the molecule is COc1ccc(-c2cn3cccnc3n2)cc1NC(=O)CCCN1C(=O)c2ccccc2C1=O. The van der Waals surface area contributed by atoms with Crippen molar-refractivity contribution < 1.29 is 19.1 Å². The van der Waals surface area contributed by atoms with Crippen LogP contribution in [0.3, 0.4) is 0 Å². The highest BCUT2D eigenvalue weighted by Gasteiger charge is 2.34. The number of carbonyl (C=O) groups excluding carboxylic acids is 3. The monoisotopic (exact) mass is 455 g/mol. The summed E-state index contributed by atoms with van der Waals surface area (Å²) in [6.07, 6.45) is 5.88. The number of imidazole rings is 1. The quantitative estimate of drug-likeness (QED) is 0.428. The molecule has 170 valence electrons. The van der Waals surface area contributed by atoms with Crippen LogP contribution in [-0.4, -0.2) is 50.6 Å². The normalized spacial score (nSPS) is 12.8. The average Bonchev–Trinajstić information content (AvgIpc) is 3.39. The first-order valence-electron chi connectivity index (χ1n) is 10.8. The van der Waals surface area contributed by atoms with Crippen LogP contribution in [0.15, 0.2) is 67.1 Å². The molecule has 1 aliphatic heterocycles. The van der Waals surface area contributed by atoms with E-state index in [-0.39, 0.29) is 30.7 Å². The summed E-state index contributed by atoms with van der Waals surface area (Å²) in [5.41, 5.74) is 2.83. The van der Waals surface area contributed by atoms with Crippen LogP contribution in [0.4, 0.5) is 5.69 Å². The number of nitrogens with zero attached hydrogens (tertiary/aromatic N) is 4. The van der Waals surface area contributed by atoms with E-state index in [1.54, 1.807) is 42.6 Å². The molecule has 34 heavy (non-hydrogen) atoms. The highest BCUT2D eigenvalue weighted by molar-refractivity contribution is 6.21. The fourth-order valence-corrected chi connectivity index (χ4v) is 3.99. The van der Waals surface area contributed by atoms with E-state index in [1.165, 1.54) is 12.0 Å². The van der Waals surface area contributed by atoms with Crippen LogP contribution in [0.2, 0.25) is 0 Å². The van der Waals surface area contributed by atoms with E-state index in [0.29, 0.717) is 40.5 Å². The number of rotatable bonds is 7. The van der Waals surface area contributed by atoms with Crippen LogP contribution >= 0.6 is 0 Å². The Bertz CT molecular complexity index is 1360. The fraction of sp³-hybridized carbons (Fsp3) is 0.160. The summed E-state index contributed by atoms with van der Waals surface area (Å²) >= 11 is 0. The highest BCUT2D eigenvalue weighted by Crippen LogP contribution is 2.30. The maximum Gasteiger partial charge on any atom is 0.261 e. The van der Waals surface area contributed by atoms with Gasteiger partial charge in [0.05, 0.1) is 29.6 Å². The van der Waals surface area contributed by atoms with Crippen molar-refractivity contribution in [2.45, 2.75) is 12.8 Å². The third kappa shape index (κ3) is 3.88. The minimum atomic E-state index is -0.322. The van der Waals surface area contributed by atoms with Gasteiger partial charge in [-0.3, -0.25) is 23.7 Å². The molecular formula is C25H21N5O4. The van der Waals surface area contributed by atoms with Gasteiger partial charge in [-0.25, -0.2) is 9.97 Å². The van der Waals surface area contributed by atoms with Crippen molar-refractivity contribution in [3.05, 3.63) is 78.2 Å². The number of fused-ring (bicyclic) bond motifs is 2. The molecule has 0 bridgehead atoms. The number of imide groups is 1. The second kappa shape index (κ2) is 8.78. The van der Waals surface area contributed by atoms with E-state index in [1.807, 2.05) is 28.9 Å². The van der Waals surface area contributed by atoms with Crippen LogP contribution < -0.4 is 10.1 Å². The molecule has 3 heterocycles. The molecule has 0 unspecified atom stereocenters. The number of methoxy groups -OCH3 is 1. The Balaban J connectivity index is 1.25. The van der Waals surface area contributed by atoms with Crippen molar-refractivity contribution in [2.24, 2.45) is 0 Å². The van der Waals surface area contributed by atoms with Crippen molar-refractivity contribution in [1.29, 1.82) is 0 Å². The second-order valence-electron chi connectivity index (χ2n) is 7.83. The molecule has 9 nitrogen and oxygen atoms in total. The van der Waals surface area contributed by atoms with E-state index >= 15 is 0 Å². The van der Waals surface area contributed by atoms with E-state index in [4.69, 9.17) is 4.74 Å². The molecule has 9 heteroatoms. The lowest BCUT2D eigenvalue weighted by molar-refractivity contribution is -0.116. The van der Waals surface area contributed by atoms with Crippen LogP contribution in [0.5, 0.6) is 5.75 Å². The van der Waals surface area contributed by atoms with E-state index in [9.17, 15) is 14.4 Å². The summed E-state index contributed by atoms with van der Waals surface area (Å²) in [5.74, 6) is 0.199. The lowest BCUT2D eigenvalue weighted by atomic mass is 10.1. The number of hydrogen-bond donors (Lipinski definition) is 1. The number of nitrogens with one attached hydrogen (secondary N) is 1. The fourth-order valence-electron chi connectivity index (χ4n) is 3.99. The number of benzene rings is 2. The lowest BCUT2D eigenvalue weighted by Gasteiger charge is -2.14. The molecular weight excluding hydrogens is 434 g/mol. The minimum Gasteiger partial charge on any atom is -0.495 e. The molecule has 2 aromatic heterocycles. The van der Waals surface area contributed by atoms with Crippen molar-refractivity contribution >= 4 is 29.2 Å². The molecule has 0 spiro atoms. The summed E-state index contributed by atoms with van der Waals surface area (Å²) in [6.45, 7) is 0.172. The number of ether oxygens (including phenoxy) is 1. The van der Waals surface area contributed by atoms with E-state index in [0.717, 1.165) is 5.56 Å². The lowest BCUT2D eigenvalue weighted by Crippen LogP contribution is -2.31. The number of anilines is 1. The van der Waals surface area contributed by atoms with Gasteiger partial charge in [0.25, 0.3) is 11.8 Å². The summed E-state index contributed by atoms with van der Waals surface area (Å²) in [6, 6.07) is 14.0.